The molecule has 112 valence electrons. The second-order valence-corrected chi connectivity index (χ2v) is 6.09. The fourth-order valence-electron chi connectivity index (χ4n) is 3.02. The fourth-order valence-corrected chi connectivity index (χ4v) is 3.02. The molecule has 0 amide bonds. The Morgan fingerprint density at radius 2 is 1.80 bits per heavy atom. The van der Waals surface area contributed by atoms with Crippen molar-refractivity contribution in [1.82, 2.24) is 10.2 Å². The molecule has 0 radical (unpaired) electrons. The zero-order valence-electron chi connectivity index (χ0n) is 13.0. The Kier molecular flexibility index (Phi) is 7.10. The van der Waals surface area contributed by atoms with Crippen LogP contribution < -0.4 is 5.32 Å². The summed E-state index contributed by atoms with van der Waals surface area (Å²) in [4.78, 5) is 2.64. The molecule has 1 heterocycles. The van der Waals surface area contributed by atoms with Crippen molar-refractivity contribution in [3.05, 3.63) is 35.9 Å². The van der Waals surface area contributed by atoms with Gasteiger partial charge in [-0.1, -0.05) is 36.8 Å². The van der Waals surface area contributed by atoms with Crippen LogP contribution in [0.2, 0.25) is 0 Å². The van der Waals surface area contributed by atoms with Crippen LogP contribution in [-0.4, -0.2) is 37.1 Å². The minimum absolute atomic E-state index is 0.699. The number of piperidine rings is 1. The van der Waals surface area contributed by atoms with Crippen LogP contribution in [-0.2, 0) is 6.42 Å². The van der Waals surface area contributed by atoms with Crippen LogP contribution >= 0.6 is 0 Å². The predicted octanol–water partition coefficient (Wildman–Crippen LogP) is 3.47. The molecule has 0 aromatic heterocycles. The van der Waals surface area contributed by atoms with Crippen molar-refractivity contribution in [2.75, 3.05) is 26.2 Å². The van der Waals surface area contributed by atoms with Crippen LogP contribution in [0.3, 0.4) is 0 Å². The average molecular weight is 274 g/mol. The van der Waals surface area contributed by atoms with E-state index >= 15 is 0 Å². The van der Waals surface area contributed by atoms with E-state index in [2.05, 4.69) is 47.5 Å². The molecule has 20 heavy (non-hydrogen) atoms. The van der Waals surface area contributed by atoms with Crippen LogP contribution in [0, 0.1) is 0 Å². The largest absolute Gasteiger partial charge is 0.315 e. The predicted molar refractivity (Wildman–Crippen MR) is 87.1 cm³/mol. The number of unbranched alkanes of at least 4 members (excludes halogenated alkanes) is 1. The minimum atomic E-state index is 0.699. The molecule has 0 aliphatic carbocycles. The summed E-state index contributed by atoms with van der Waals surface area (Å²) in [5.41, 5.74) is 1.47. The first kappa shape index (κ1) is 15.5. The standard InChI is InChI=1S/C18H30N2/c1-17(20-14-8-3-9-15-20)16-19-13-7-6-12-18-10-4-2-5-11-18/h2,4-5,10-11,17,19H,3,6-9,12-16H2,1H3. The molecule has 2 nitrogen and oxygen atoms in total. The molecular formula is C18H30N2. The van der Waals surface area contributed by atoms with E-state index in [1.165, 1.54) is 57.2 Å². The van der Waals surface area contributed by atoms with Gasteiger partial charge < -0.3 is 5.32 Å². The number of hydrogen-bond donors (Lipinski definition) is 1. The number of nitrogens with one attached hydrogen (secondary N) is 1. The van der Waals surface area contributed by atoms with E-state index in [0.717, 1.165) is 13.1 Å². The zero-order valence-corrected chi connectivity index (χ0v) is 13.0. The highest BCUT2D eigenvalue weighted by atomic mass is 15.2. The Morgan fingerprint density at radius 3 is 2.55 bits per heavy atom. The van der Waals surface area contributed by atoms with Gasteiger partial charge in [-0.05, 0) is 64.2 Å². The highest BCUT2D eigenvalue weighted by Crippen LogP contribution is 2.11. The van der Waals surface area contributed by atoms with E-state index in [4.69, 9.17) is 0 Å². The molecule has 1 aliphatic rings. The molecule has 1 aromatic rings. The van der Waals surface area contributed by atoms with Gasteiger partial charge in [0.2, 0.25) is 0 Å². The topological polar surface area (TPSA) is 15.3 Å². The molecule has 1 atom stereocenters. The SMILES string of the molecule is CC(CNCCCCc1ccccc1)N1CCCCC1. The maximum Gasteiger partial charge on any atom is 0.0192 e. The van der Waals surface area contributed by atoms with Crippen molar-refractivity contribution in [1.29, 1.82) is 0 Å². The van der Waals surface area contributed by atoms with Gasteiger partial charge in [-0.25, -0.2) is 0 Å². The van der Waals surface area contributed by atoms with Crippen molar-refractivity contribution >= 4 is 0 Å². The van der Waals surface area contributed by atoms with Crippen LogP contribution in [0.15, 0.2) is 30.3 Å². The second-order valence-electron chi connectivity index (χ2n) is 6.09. The van der Waals surface area contributed by atoms with Gasteiger partial charge in [0.1, 0.15) is 0 Å². The molecule has 0 spiro atoms. The number of aryl methyl sites for hydroxylation is 1. The molecule has 2 heteroatoms. The fraction of sp³-hybridized carbons (Fsp3) is 0.667. The van der Waals surface area contributed by atoms with Crippen molar-refractivity contribution in [2.45, 2.75) is 51.5 Å². The van der Waals surface area contributed by atoms with E-state index in [-0.39, 0.29) is 0 Å². The van der Waals surface area contributed by atoms with Gasteiger partial charge >= 0.3 is 0 Å². The van der Waals surface area contributed by atoms with E-state index in [0.29, 0.717) is 6.04 Å². The average Bonchev–Trinajstić information content (AvgIpc) is 2.52. The third kappa shape index (κ3) is 5.64. The summed E-state index contributed by atoms with van der Waals surface area (Å²) in [6, 6.07) is 11.5. The lowest BCUT2D eigenvalue weighted by atomic mass is 10.1. The van der Waals surface area contributed by atoms with Gasteiger partial charge in [-0.3, -0.25) is 4.90 Å². The molecule has 0 saturated carbocycles. The minimum Gasteiger partial charge on any atom is -0.315 e. The Bertz CT molecular complexity index is 344. The van der Waals surface area contributed by atoms with Crippen molar-refractivity contribution in [3.63, 3.8) is 0 Å². The monoisotopic (exact) mass is 274 g/mol. The number of benzene rings is 1. The lowest BCUT2D eigenvalue weighted by Gasteiger charge is -2.32. The molecule has 1 unspecified atom stereocenters. The lowest BCUT2D eigenvalue weighted by Crippen LogP contribution is -2.43. The molecule has 0 bridgehead atoms. The third-order valence-corrected chi connectivity index (χ3v) is 4.37. The Hall–Kier alpha value is -0.860. The molecular weight excluding hydrogens is 244 g/mol. The molecule has 1 fully saturated rings. The van der Waals surface area contributed by atoms with Gasteiger partial charge in [0, 0.05) is 12.6 Å². The maximum atomic E-state index is 3.63. The summed E-state index contributed by atoms with van der Waals surface area (Å²) in [7, 11) is 0. The van der Waals surface area contributed by atoms with Crippen LogP contribution in [0.1, 0.15) is 44.6 Å². The highest BCUT2D eigenvalue weighted by Gasteiger charge is 2.15. The maximum absolute atomic E-state index is 3.63. The van der Waals surface area contributed by atoms with Gasteiger partial charge in [0.15, 0.2) is 0 Å². The number of nitrogens with zero attached hydrogens (tertiary/aromatic N) is 1. The first-order chi connectivity index (χ1) is 9.86. The van der Waals surface area contributed by atoms with Crippen LogP contribution in [0.5, 0.6) is 0 Å². The summed E-state index contributed by atoms with van der Waals surface area (Å²) in [6.45, 7) is 7.27. The Morgan fingerprint density at radius 1 is 1.05 bits per heavy atom. The van der Waals surface area contributed by atoms with Crippen LogP contribution in [0.25, 0.3) is 0 Å². The molecule has 1 aromatic carbocycles. The summed E-state index contributed by atoms with van der Waals surface area (Å²) in [6.07, 6.45) is 7.99. The third-order valence-electron chi connectivity index (χ3n) is 4.37. The Labute approximate surface area is 124 Å². The molecule has 1 aliphatic heterocycles. The molecule has 1 N–H and O–H groups in total. The van der Waals surface area contributed by atoms with E-state index in [1.807, 2.05) is 0 Å². The van der Waals surface area contributed by atoms with Gasteiger partial charge in [-0.15, -0.1) is 0 Å². The zero-order chi connectivity index (χ0) is 14.0. The summed E-state index contributed by atoms with van der Waals surface area (Å²) in [5, 5.41) is 3.63. The number of rotatable bonds is 8. The van der Waals surface area contributed by atoms with E-state index in [9.17, 15) is 0 Å². The summed E-state index contributed by atoms with van der Waals surface area (Å²) in [5.74, 6) is 0. The van der Waals surface area contributed by atoms with Crippen molar-refractivity contribution < 1.29 is 0 Å². The summed E-state index contributed by atoms with van der Waals surface area (Å²) >= 11 is 0. The quantitative estimate of drug-likeness (QED) is 0.730. The van der Waals surface area contributed by atoms with Crippen LogP contribution in [0.4, 0.5) is 0 Å². The van der Waals surface area contributed by atoms with Crippen molar-refractivity contribution in [2.24, 2.45) is 0 Å². The van der Waals surface area contributed by atoms with Gasteiger partial charge in [-0.2, -0.15) is 0 Å². The van der Waals surface area contributed by atoms with E-state index < -0.39 is 0 Å². The van der Waals surface area contributed by atoms with Gasteiger partial charge in [0.05, 0.1) is 0 Å². The number of likely N-dealkylation sites (tertiary alicyclic amines) is 1. The first-order valence-electron chi connectivity index (χ1n) is 8.35. The summed E-state index contributed by atoms with van der Waals surface area (Å²) < 4.78 is 0. The normalized spacial score (nSPS) is 18.1. The smallest absolute Gasteiger partial charge is 0.0192 e. The number of hydrogen-bond acceptors (Lipinski definition) is 2. The second kappa shape index (κ2) is 9.15. The van der Waals surface area contributed by atoms with Crippen molar-refractivity contribution in [3.8, 4) is 0 Å². The van der Waals surface area contributed by atoms with Gasteiger partial charge in [0.25, 0.3) is 0 Å². The lowest BCUT2D eigenvalue weighted by molar-refractivity contribution is 0.171. The molecule has 1 saturated heterocycles. The Balaban J connectivity index is 1.49. The first-order valence-corrected chi connectivity index (χ1v) is 8.35. The highest BCUT2D eigenvalue weighted by molar-refractivity contribution is 5.14. The molecule has 2 rings (SSSR count). The van der Waals surface area contributed by atoms with E-state index in [1.54, 1.807) is 0 Å².